The molecule has 2 atom stereocenters. The van der Waals surface area contributed by atoms with Crippen molar-refractivity contribution in [3.05, 3.63) is 11.8 Å². The third-order valence-corrected chi connectivity index (χ3v) is 5.38. The number of nitrogens with two attached hydrogens (primary N) is 2. The predicted octanol–water partition coefficient (Wildman–Crippen LogP) is 0.656. The number of carbonyl (C=O) groups is 4. The van der Waals surface area contributed by atoms with Gasteiger partial charge in [-0.15, -0.1) is 0 Å². The van der Waals surface area contributed by atoms with Crippen molar-refractivity contribution < 1.29 is 34.1 Å². The largest absolute Gasteiger partial charge is 0.469 e. The molecule has 0 saturated carbocycles. The van der Waals surface area contributed by atoms with E-state index in [1.807, 2.05) is 6.92 Å². The molecule has 11 N–H and O–H groups in total. The Morgan fingerprint density at radius 3 is 1.98 bits per heavy atom. The lowest BCUT2D eigenvalue weighted by Gasteiger charge is -2.15. The molecule has 0 aliphatic heterocycles. The number of nitrogens with one attached hydrogen (secondary N) is 5. The maximum atomic E-state index is 11.9. The summed E-state index contributed by atoms with van der Waals surface area (Å²) in [5, 5.41) is 28.3. The Bertz CT molecular complexity index is 712. The minimum absolute atomic E-state index is 0.133. The molecule has 270 valence electrons. The van der Waals surface area contributed by atoms with Crippen LogP contribution >= 0.6 is 0 Å². The van der Waals surface area contributed by atoms with Gasteiger partial charge < -0.3 is 53.0 Å². The first-order valence-electron chi connectivity index (χ1n) is 15.9. The van der Waals surface area contributed by atoms with Crippen molar-refractivity contribution in [2.45, 2.75) is 105 Å². The summed E-state index contributed by atoms with van der Waals surface area (Å²) in [6.07, 6.45) is 7.13. The summed E-state index contributed by atoms with van der Waals surface area (Å²) in [5.41, 5.74) is 12.6. The van der Waals surface area contributed by atoms with E-state index in [4.69, 9.17) is 21.7 Å². The maximum Gasteiger partial charge on any atom is 0.305 e. The number of hydrogen-bond donors (Lipinski definition) is 9. The normalized spacial score (nSPS) is 11.1. The van der Waals surface area contributed by atoms with Gasteiger partial charge in [-0.1, -0.05) is 32.8 Å². The van der Waals surface area contributed by atoms with E-state index in [1.54, 1.807) is 0 Å². The highest BCUT2D eigenvalue weighted by Gasteiger charge is 2.14. The number of aliphatic hydroxyl groups excluding tert-OH is 2. The number of aliphatic hydroxyl groups is 2. The minimum Gasteiger partial charge on any atom is -0.469 e. The SMILES string of the molecule is CCC.CCN/C=C(/C)CC.CO.CO.COC(=O)CCCC(=O)NC(C)CCNC(=O)CNC(=O)C(N)CCCNCCN. The van der Waals surface area contributed by atoms with E-state index in [1.165, 1.54) is 19.1 Å². The highest BCUT2D eigenvalue weighted by molar-refractivity contribution is 5.87. The van der Waals surface area contributed by atoms with Crippen LogP contribution in [0.4, 0.5) is 0 Å². The van der Waals surface area contributed by atoms with E-state index >= 15 is 0 Å². The van der Waals surface area contributed by atoms with Crippen molar-refractivity contribution in [1.82, 2.24) is 26.6 Å². The zero-order valence-electron chi connectivity index (χ0n) is 29.7. The van der Waals surface area contributed by atoms with Gasteiger partial charge in [0.2, 0.25) is 17.7 Å². The van der Waals surface area contributed by atoms with E-state index in [9.17, 15) is 19.2 Å². The number of hydrogen-bond acceptors (Lipinski definition) is 11. The minimum atomic E-state index is -0.660. The smallest absolute Gasteiger partial charge is 0.305 e. The van der Waals surface area contributed by atoms with Crippen LogP contribution in [0.3, 0.4) is 0 Å². The molecule has 0 fully saturated rings. The lowest BCUT2D eigenvalue weighted by Crippen LogP contribution is -2.45. The fraction of sp³-hybridized carbons (Fsp3) is 0.806. The molecule has 14 nitrogen and oxygen atoms in total. The first-order chi connectivity index (χ1) is 21.5. The maximum absolute atomic E-state index is 11.9. The average Bonchev–Trinajstić information content (AvgIpc) is 3.04. The summed E-state index contributed by atoms with van der Waals surface area (Å²) in [6, 6.07) is -0.793. The molecule has 14 heteroatoms. The summed E-state index contributed by atoms with van der Waals surface area (Å²) >= 11 is 0. The van der Waals surface area contributed by atoms with Crippen LogP contribution in [0.1, 0.15) is 92.9 Å². The van der Waals surface area contributed by atoms with Gasteiger partial charge in [-0.25, -0.2) is 0 Å². The Morgan fingerprint density at radius 2 is 1.47 bits per heavy atom. The molecular weight excluding hydrogens is 582 g/mol. The van der Waals surface area contributed by atoms with E-state index in [-0.39, 0.29) is 49.1 Å². The quantitative estimate of drug-likeness (QED) is 0.0655. The summed E-state index contributed by atoms with van der Waals surface area (Å²) < 4.78 is 4.52. The molecule has 0 aliphatic carbocycles. The van der Waals surface area contributed by atoms with Crippen LogP contribution in [0.2, 0.25) is 0 Å². The Labute approximate surface area is 273 Å². The molecule has 45 heavy (non-hydrogen) atoms. The van der Waals surface area contributed by atoms with E-state index in [0.29, 0.717) is 32.4 Å². The fourth-order valence-electron chi connectivity index (χ4n) is 2.89. The molecule has 0 spiro atoms. The van der Waals surface area contributed by atoms with E-state index in [0.717, 1.165) is 46.7 Å². The monoisotopic (exact) mass is 652 g/mol. The summed E-state index contributed by atoms with van der Waals surface area (Å²) in [4.78, 5) is 46.5. The first kappa shape index (κ1) is 51.8. The van der Waals surface area contributed by atoms with Crippen LogP contribution in [0, 0.1) is 0 Å². The molecule has 0 heterocycles. The van der Waals surface area contributed by atoms with Crippen LogP contribution in [-0.2, 0) is 23.9 Å². The van der Waals surface area contributed by atoms with Crippen molar-refractivity contribution in [2.24, 2.45) is 11.5 Å². The molecule has 0 aromatic rings. The molecule has 2 unspecified atom stereocenters. The molecule has 0 bridgehead atoms. The second kappa shape index (κ2) is 43.3. The van der Waals surface area contributed by atoms with Gasteiger partial charge in [0.25, 0.3) is 0 Å². The zero-order chi connectivity index (χ0) is 35.9. The topological polar surface area (TPSA) is 230 Å². The van der Waals surface area contributed by atoms with Gasteiger partial charge in [-0.05, 0) is 65.6 Å². The second-order valence-corrected chi connectivity index (χ2v) is 9.65. The van der Waals surface area contributed by atoms with Gasteiger partial charge in [0.1, 0.15) is 0 Å². The number of rotatable bonds is 20. The summed E-state index contributed by atoms with van der Waals surface area (Å²) in [5.74, 6) is -1.18. The lowest BCUT2D eigenvalue weighted by molar-refractivity contribution is -0.140. The van der Waals surface area contributed by atoms with Crippen molar-refractivity contribution >= 4 is 23.7 Å². The molecule has 0 aromatic heterocycles. The third-order valence-electron chi connectivity index (χ3n) is 5.38. The zero-order valence-corrected chi connectivity index (χ0v) is 29.7. The van der Waals surface area contributed by atoms with Gasteiger partial charge in [-0.3, -0.25) is 19.2 Å². The number of ether oxygens (including phenoxy) is 1. The van der Waals surface area contributed by atoms with Crippen molar-refractivity contribution in [3.8, 4) is 0 Å². The molecule has 0 radical (unpaired) electrons. The standard InChI is InChI=1S/C19H38N6O5.C7H15N.C3H8.2CH4O/c1-14(25-16(26)6-3-7-18(28)30-2)8-11-23-17(27)13-24-19(29)15(21)5-4-10-22-12-9-20;1-4-7(3)6-8-5-2;1-3-2;2*1-2/h14-15,22H,3-13,20-21H2,1-2H3,(H,23,27)(H,24,29)(H,25,26);6,8H,4-5H2,1-3H3;3H2,1-2H3;2*2H,1H3/b;7-6-;;;. The van der Waals surface area contributed by atoms with Gasteiger partial charge in [0, 0.05) is 59.3 Å². The molecule has 0 rings (SSSR count). The van der Waals surface area contributed by atoms with Crippen LogP contribution in [-0.4, -0.2) is 107 Å². The summed E-state index contributed by atoms with van der Waals surface area (Å²) in [6.45, 7) is 15.7. The van der Waals surface area contributed by atoms with Crippen LogP contribution < -0.4 is 38.1 Å². The van der Waals surface area contributed by atoms with Gasteiger partial charge >= 0.3 is 5.97 Å². The van der Waals surface area contributed by atoms with E-state index < -0.39 is 6.04 Å². The Hall–Kier alpha value is -2.78. The number of carbonyl (C=O) groups excluding carboxylic acids is 4. The molecular formula is C31H69N7O7. The number of methoxy groups -OCH3 is 1. The highest BCUT2D eigenvalue weighted by atomic mass is 16.5. The Kier molecular flexibility index (Phi) is 49.9. The van der Waals surface area contributed by atoms with Crippen LogP contribution in [0.15, 0.2) is 11.8 Å². The van der Waals surface area contributed by atoms with Crippen molar-refractivity contribution in [2.75, 3.05) is 60.6 Å². The molecule has 0 aliphatic rings. The van der Waals surface area contributed by atoms with Gasteiger partial charge in [0.05, 0.1) is 19.7 Å². The lowest BCUT2D eigenvalue weighted by atomic mass is 10.1. The Morgan fingerprint density at radius 1 is 0.867 bits per heavy atom. The first-order valence-corrected chi connectivity index (χ1v) is 15.9. The van der Waals surface area contributed by atoms with Crippen molar-refractivity contribution in [3.63, 3.8) is 0 Å². The number of amides is 3. The number of esters is 1. The molecule has 3 amide bonds. The molecule has 0 saturated heterocycles. The van der Waals surface area contributed by atoms with Gasteiger partial charge in [0.15, 0.2) is 0 Å². The Balaban J connectivity index is -0.000000296. The van der Waals surface area contributed by atoms with Crippen LogP contribution in [0.5, 0.6) is 0 Å². The number of allylic oxidation sites excluding steroid dienone is 1. The van der Waals surface area contributed by atoms with Crippen molar-refractivity contribution in [1.29, 1.82) is 0 Å². The van der Waals surface area contributed by atoms with E-state index in [2.05, 4.69) is 72.1 Å². The molecule has 0 aromatic carbocycles. The van der Waals surface area contributed by atoms with Gasteiger partial charge in [-0.2, -0.15) is 0 Å². The second-order valence-electron chi connectivity index (χ2n) is 9.65. The third kappa shape index (κ3) is 45.8. The highest BCUT2D eigenvalue weighted by Crippen LogP contribution is 1.99. The average molecular weight is 652 g/mol. The predicted molar refractivity (Wildman–Crippen MR) is 183 cm³/mol. The van der Waals surface area contributed by atoms with Crippen LogP contribution in [0.25, 0.3) is 0 Å². The summed E-state index contributed by atoms with van der Waals surface area (Å²) in [7, 11) is 3.31. The fourth-order valence-corrected chi connectivity index (χ4v) is 2.89.